The first kappa shape index (κ1) is 10.1. The highest BCUT2D eigenvalue weighted by molar-refractivity contribution is 5.75. The van der Waals surface area contributed by atoms with Crippen LogP contribution >= 0.6 is 0 Å². The van der Waals surface area contributed by atoms with Gasteiger partial charge in [0.2, 0.25) is 0 Å². The molecule has 0 bridgehead atoms. The molecule has 0 amide bonds. The van der Waals surface area contributed by atoms with E-state index in [2.05, 4.69) is 9.97 Å². The van der Waals surface area contributed by atoms with E-state index in [1.54, 1.807) is 20.2 Å². The molecule has 4 nitrogen and oxygen atoms in total. The molecule has 0 spiro atoms. The average Bonchev–Trinajstić information content (AvgIpc) is 2.61. The fourth-order valence-electron chi connectivity index (χ4n) is 1.55. The highest BCUT2D eigenvalue weighted by Gasteiger charge is 2.24. The smallest absolute Gasteiger partial charge is 0.0931 e. The summed E-state index contributed by atoms with van der Waals surface area (Å²) in [5.74, 6) is 0. The third-order valence-corrected chi connectivity index (χ3v) is 2.56. The number of rotatable bonds is 2. The van der Waals surface area contributed by atoms with E-state index < -0.39 is 11.6 Å². The van der Waals surface area contributed by atoms with Crippen LogP contribution in [0, 0.1) is 0 Å². The predicted molar refractivity (Wildman–Crippen MR) is 59.3 cm³/mol. The van der Waals surface area contributed by atoms with Crippen LogP contribution < -0.4 is 5.73 Å². The minimum absolute atomic E-state index is 0.398. The Bertz CT molecular complexity index is 470. The van der Waals surface area contributed by atoms with E-state index >= 15 is 0 Å². The summed E-state index contributed by atoms with van der Waals surface area (Å²) >= 11 is 0. The van der Waals surface area contributed by atoms with Crippen molar-refractivity contribution in [2.24, 2.45) is 5.73 Å². The maximum atomic E-state index is 9.81. The zero-order valence-corrected chi connectivity index (χ0v) is 8.86. The molecule has 1 heterocycles. The Hall–Kier alpha value is -1.39. The molecule has 80 valence electrons. The van der Waals surface area contributed by atoms with Crippen molar-refractivity contribution in [3.63, 3.8) is 0 Å². The molecule has 0 saturated carbocycles. The summed E-state index contributed by atoms with van der Waals surface area (Å²) in [5.41, 5.74) is 7.77. The van der Waals surface area contributed by atoms with Gasteiger partial charge < -0.3 is 15.8 Å². The SMILES string of the molecule is CC(C)(O)C(N)c1ccc2nc[nH]c2c1. The van der Waals surface area contributed by atoms with Gasteiger partial charge >= 0.3 is 0 Å². The zero-order valence-electron chi connectivity index (χ0n) is 8.86. The highest BCUT2D eigenvalue weighted by atomic mass is 16.3. The molecule has 0 aliphatic carbocycles. The fourth-order valence-corrected chi connectivity index (χ4v) is 1.55. The Morgan fingerprint density at radius 1 is 1.47 bits per heavy atom. The van der Waals surface area contributed by atoms with Crippen molar-refractivity contribution in [2.75, 3.05) is 0 Å². The number of nitrogens with one attached hydrogen (secondary N) is 1. The first-order valence-corrected chi connectivity index (χ1v) is 4.89. The molecule has 4 heteroatoms. The van der Waals surface area contributed by atoms with E-state index in [1.165, 1.54) is 0 Å². The maximum Gasteiger partial charge on any atom is 0.0931 e. The molecule has 0 aliphatic rings. The van der Waals surface area contributed by atoms with Crippen molar-refractivity contribution in [1.29, 1.82) is 0 Å². The predicted octanol–water partition coefficient (Wildman–Crippen LogP) is 1.33. The number of nitrogens with two attached hydrogens (primary N) is 1. The third-order valence-electron chi connectivity index (χ3n) is 2.56. The van der Waals surface area contributed by atoms with E-state index in [-0.39, 0.29) is 0 Å². The van der Waals surface area contributed by atoms with Gasteiger partial charge in [-0.25, -0.2) is 4.98 Å². The van der Waals surface area contributed by atoms with Crippen LogP contribution in [0.1, 0.15) is 25.5 Å². The van der Waals surface area contributed by atoms with Crippen LogP contribution in [0.2, 0.25) is 0 Å². The largest absolute Gasteiger partial charge is 0.388 e. The van der Waals surface area contributed by atoms with E-state index in [1.807, 2.05) is 18.2 Å². The van der Waals surface area contributed by atoms with Crippen LogP contribution in [0.3, 0.4) is 0 Å². The normalized spacial score (nSPS) is 14.4. The lowest BCUT2D eigenvalue weighted by atomic mass is 9.93. The van der Waals surface area contributed by atoms with Crippen molar-refractivity contribution in [3.8, 4) is 0 Å². The second kappa shape index (κ2) is 3.32. The molecular weight excluding hydrogens is 190 g/mol. The molecule has 1 aromatic heterocycles. The van der Waals surface area contributed by atoms with Gasteiger partial charge in [0.25, 0.3) is 0 Å². The molecule has 15 heavy (non-hydrogen) atoms. The van der Waals surface area contributed by atoms with Crippen LogP contribution in [0.4, 0.5) is 0 Å². The Balaban J connectivity index is 2.44. The van der Waals surface area contributed by atoms with Crippen molar-refractivity contribution >= 4 is 11.0 Å². The van der Waals surface area contributed by atoms with Crippen LogP contribution in [-0.4, -0.2) is 20.7 Å². The molecule has 0 radical (unpaired) electrons. The van der Waals surface area contributed by atoms with Gasteiger partial charge in [-0.2, -0.15) is 0 Å². The lowest BCUT2D eigenvalue weighted by molar-refractivity contribution is 0.0518. The van der Waals surface area contributed by atoms with Gasteiger partial charge in [0.15, 0.2) is 0 Å². The molecule has 0 aliphatic heterocycles. The number of aromatic nitrogens is 2. The first-order valence-electron chi connectivity index (χ1n) is 4.89. The van der Waals surface area contributed by atoms with E-state index in [4.69, 9.17) is 5.73 Å². The molecule has 2 rings (SSSR count). The molecule has 1 unspecified atom stereocenters. The maximum absolute atomic E-state index is 9.81. The zero-order chi connectivity index (χ0) is 11.1. The standard InChI is InChI=1S/C11H15N3O/c1-11(2,15)10(12)7-3-4-8-9(5-7)14-6-13-8/h3-6,10,15H,12H2,1-2H3,(H,13,14). The second-order valence-electron chi connectivity index (χ2n) is 4.31. The van der Waals surface area contributed by atoms with Crippen molar-refractivity contribution in [2.45, 2.75) is 25.5 Å². The molecule has 2 aromatic rings. The average molecular weight is 205 g/mol. The summed E-state index contributed by atoms with van der Waals surface area (Å²) < 4.78 is 0. The summed E-state index contributed by atoms with van der Waals surface area (Å²) in [6.45, 7) is 3.41. The number of H-pyrrole nitrogens is 1. The number of aliphatic hydroxyl groups is 1. The summed E-state index contributed by atoms with van der Waals surface area (Å²) in [5, 5.41) is 9.81. The van der Waals surface area contributed by atoms with Gasteiger partial charge in [-0.1, -0.05) is 6.07 Å². The summed E-state index contributed by atoms with van der Waals surface area (Å²) in [6, 6.07) is 5.31. The Morgan fingerprint density at radius 2 is 2.20 bits per heavy atom. The Kier molecular flexibility index (Phi) is 2.25. The molecule has 0 saturated heterocycles. The van der Waals surface area contributed by atoms with E-state index in [0.717, 1.165) is 16.6 Å². The second-order valence-corrected chi connectivity index (χ2v) is 4.31. The van der Waals surface area contributed by atoms with Crippen LogP contribution in [0.25, 0.3) is 11.0 Å². The van der Waals surface area contributed by atoms with Crippen molar-refractivity contribution in [3.05, 3.63) is 30.1 Å². The summed E-state index contributed by atoms with van der Waals surface area (Å²) in [4.78, 5) is 7.14. The summed E-state index contributed by atoms with van der Waals surface area (Å²) in [6.07, 6.45) is 1.64. The van der Waals surface area contributed by atoms with Gasteiger partial charge in [0.1, 0.15) is 0 Å². The van der Waals surface area contributed by atoms with Gasteiger partial charge in [-0.15, -0.1) is 0 Å². The highest BCUT2D eigenvalue weighted by Crippen LogP contribution is 2.24. The molecule has 1 atom stereocenters. The number of hydrogen-bond acceptors (Lipinski definition) is 3. The van der Waals surface area contributed by atoms with Crippen LogP contribution in [0.15, 0.2) is 24.5 Å². The first-order chi connectivity index (χ1) is 6.98. The quantitative estimate of drug-likeness (QED) is 0.692. The van der Waals surface area contributed by atoms with E-state index in [9.17, 15) is 5.11 Å². The lowest BCUT2D eigenvalue weighted by Gasteiger charge is -2.25. The monoisotopic (exact) mass is 205 g/mol. The topological polar surface area (TPSA) is 74.9 Å². The van der Waals surface area contributed by atoms with Crippen LogP contribution in [-0.2, 0) is 0 Å². The van der Waals surface area contributed by atoms with Gasteiger partial charge in [0, 0.05) is 0 Å². The van der Waals surface area contributed by atoms with Gasteiger partial charge in [-0.05, 0) is 31.5 Å². The Labute approximate surface area is 88.1 Å². The molecule has 4 N–H and O–H groups in total. The van der Waals surface area contributed by atoms with Crippen molar-refractivity contribution < 1.29 is 5.11 Å². The molecular formula is C11H15N3O. The third kappa shape index (κ3) is 1.86. The molecule has 1 aromatic carbocycles. The number of nitrogens with zero attached hydrogens (tertiary/aromatic N) is 1. The number of aromatic amines is 1. The molecule has 0 fully saturated rings. The lowest BCUT2D eigenvalue weighted by Crippen LogP contribution is -2.34. The van der Waals surface area contributed by atoms with Gasteiger partial charge in [-0.3, -0.25) is 0 Å². The summed E-state index contributed by atoms with van der Waals surface area (Å²) in [7, 11) is 0. The minimum Gasteiger partial charge on any atom is -0.388 e. The minimum atomic E-state index is -0.923. The fraction of sp³-hybridized carbons (Fsp3) is 0.364. The van der Waals surface area contributed by atoms with E-state index in [0.29, 0.717) is 0 Å². The number of hydrogen-bond donors (Lipinski definition) is 3. The Morgan fingerprint density at radius 3 is 2.87 bits per heavy atom. The van der Waals surface area contributed by atoms with Crippen molar-refractivity contribution in [1.82, 2.24) is 9.97 Å². The van der Waals surface area contributed by atoms with Crippen LogP contribution in [0.5, 0.6) is 0 Å². The number of imidazole rings is 1. The van der Waals surface area contributed by atoms with Gasteiger partial charge in [0.05, 0.1) is 29.0 Å². The number of fused-ring (bicyclic) bond motifs is 1. The number of benzene rings is 1.